The summed E-state index contributed by atoms with van der Waals surface area (Å²) >= 11 is 0. The minimum Gasteiger partial charge on any atom is -0.330 e. The summed E-state index contributed by atoms with van der Waals surface area (Å²) in [7, 11) is 0. The molecule has 0 aliphatic carbocycles. The van der Waals surface area contributed by atoms with Gasteiger partial charge in [-0.1, -0.05) is 154 Å². The van der Waals surface area contributed by atoms with Crippen LogP contribution in [0.15, 0.2) is 12.2 Å². The molecular formula is C30H61N. The molecule has 0 aromatic heterocycles. The summed E-state index contributed by atoms with van der Waals surface area (Å²) in [6.07, 6.45) is 41.8. The zero-order chi connectivity index (χ0) is 22.5. The summed E-state index contributed by atoms with van der Waals surface area (Å²) in [5.41, 5.74) is 5.52. The van der Waals surface area contributed by atoms with Gasteiger partial charge in [0.25, 0.3) is 0 Å². The first-order chi connectivity index (χ1) is 15.4. The van der Waals surface area contributed by atoms with Crippen LogP contribution < -0.4 is 5.73 Å². The fourth-order valence-electron chi connectivity index (χ4n) is 4.51. The van der Waals surface area contributed by atoms with Crippen LogP contribution in [0.25, 0.3) is 0 Å². The number of hydrogen-bond acceptors (Lipinski definition) is 1. The van der Waals surface area contributed by atoms with Crippen LogP contribution in [-0.2, 0) is 0 Å². The Morgan fingerprint density at radius 2 is 0.613 bits per heavy atom. The van der Waals surface area contributed by atoms with Gasteiger partial charge >= 0.3 is 0 Å². The zero-order valence-electron chi connectivity index (χ0n) is 21.8. The van der Waals surface area contributed by atoms with Crippen molar-refractivity contribution in [3.63, 3.8) is 0 Å². The Hall–Kier alpha value is -0.300. The van der Waals surface area contributed by atoms with E-state index in [1.54, 1.807) is 0 Å². The molecule has 0 radical (unpaired) electrons. The molecule has 0 saturated carbocycles. The smallest absolute Gasteiger partial charge is 0.00773 e. The highest BCUT2D eigenvalue weighted by Crippen LogP contribution is 2.15. The van der Waals surface area contributed by atoms with E-state index in [4.69, 9.17) is 5.73 Å². The molecule has 0 saturated heterocycles. The van der Waals surface area contributed by atoms with E-state index in [0.29, 0.717) is 0 Å². The molecule has 0 heterocycles. The van der Waals surface area contributed by atoms with Gasteiger partial charge < -0.3 is 5.73 Å². The average Bonchev–Trinajstić information content (AvgIpc) is 2.78. The quantitative estimate of drug-likeness (QED) is 0.101. The first kappa shape index (κ1) is 30.7. The Balaban J connectivity index is 3.04. The van der Waals surface area contributed by atoms with E-state index < -0.39 is 0 Å². The second-order valence-electron chi connectivity index (χ2n) is 9.97. The van der Waals surface area contributed by atoms with Gasteiger partial charge in [0, 0.05) is 0 Å². The zero-order valence-corrected chi connectivity index (χ0v) is 21.8. The Morgan fingerprint density at radius 3 is 0.903 bits per heavy atom. The Labute approximate surface area is 198 Å². The molecule has 31 heavy (non-hydrogen) atoms. The molecule has 0 unspecified atom stereocenters. The van der Waals surface area contributed by atoms with E-state index in [0.717, 1.165) is 6.54 Å². The summed E-state index contributed by atoms with van der Waals surface area (Å²) in [6, 6.07) is 0. The molecule has 0 amide bonds. The van der Waals surface area contributed by atoms with Gasteiger partial charge in [-0.25, -0.2) is 0 Å². The molecule has 0 aromatic carbocycles. The molecule has 0 bridgehead atoms. The number of rotatable bonds is 27. The van der Waals surface area contributed by atoms with Crippen LogP contribution in [0.4, 0.5) is 0 Å². The van der Waals surface area contributed by atoms with E-state index in [2.05, 4.69) is 19.1 Å². The largest absolute Gasteiger partial charge is 0.330 e. The molecule has 186 valence electrons. The molecule has 0 aromatic rings. The third-order valence-electron chi connectivity index (χ3n) is 6.72. The second-order valence-corrected chi connectivity index (χ2v) is 9.97. The van der Waals surface area contributed by atoms with Crippen molar-refractivity contribution in [2.75, 3.05) is 6.54 Å². The highest BCUT2D eigenvalue weighted by atomic mass is 14.5. The Kier molecular flexibility index (Phi) is 29.4. The number of nitrogens with two attached hydrogens (primary N) is 1. The molecule has 0 atom stereocenters. The van der Waals surface area contributed by atoms with Crippen molar-refractivity contribution >= 4 is 0 Å². The summed E-state index contributed by atoms with van der Waals surface area (Å²) in [5.74, 6) is 0. The van der Waals surface area contributed by atoms with E-state index in [-0.39, 0.29) is 0 Å². The van der Waals surface area contributed by atoms with Crippen LogP contribution >= 0.6 is 0 Å². The maximum absolute atomic E-state index is 5.52. The van der Waals surface area contributed by atoms with Gasteiger partial charge in [-0.05, 0) is 38.6 Å². The van der Waals surface area contributed by atoms with Crippen LogP contribution in [0.1, 0.15) is 174 Å². The molecule has 1 heteroatoms. The highest BCUT2D eigenvalue weighted by molar-refractivity contribution is 4.81. The average molecular weight is 436 g/mol. The summed E-state index contributed by atoms with van der Waals surface area (Å²) in [5, 5.41) is 0. The lowest BCUT2D eigenvalue weighted by Crippen LogP contribution is -1.97. The van der Waals surface area contributed by atoms with E-state index in [1.165, 1.54) is 167 Å². The van der Waals surface area contributed by atoms with Crippen LogP contribution in [0.5, 0.6) is 0 Å². The topological polar surface area (TPSA) is 26.0 Å². The van der Waals surface area contributed by atoms with Gasteiger partial charge in [0.15, 0.2) is 0 Å². The van der Waals surface area contributed by atoms with Gasteiger partial charge in [-0.3, -0.25) is 0 Å². The van der Waals surface area contributed by atoms with Crippen molar-refractivity contribution in [3.8, 4) is 0 Å². The van der Waals surface area contributed by atoms with E-state index in [9.17, 15) is 0 Å². The van der Waals surface area contributed by atoms with Gasteiger partial charge in [-0.15, -0.1) is 0 Å². The lowest BCUT2D eigenvalue weighted by Gasteiger charge is -2.03. The van der Waals surface area contributed by atoms with Crippen LogP contribution in [-0.4, -0.2) is 6.54 Å². The molecule has 1 nitrogen and oxygen atoms in total. The number of unbranched alkanes of at least 4 members (excludes halogenated alkanes) is 24. The van der Waals surface area contributed by atoms with Crippen molar-refractivity contribution < 1.29 is 0 Å². The normalized spacial score (nSPS) is 11.7. The molecule has 0 fully saturated rings. The van der Waals surface area contributed by atoms with Crippen molar-refractivity contribution in [2.45, 2.75) is 174 Å². The van der Waals surface area contributed by atoms with Gasteiger partial charge in [0.1, 0.15) is 0 Å². The van der Waals surface area contributed by atoms with Crippen LogP contribution in [0, 0.1) is 0 Å². The van der Waals surface area contributed by atoms with E-state index in [1.807, 2.05) is 0 Å². The fraction of sp³-hybridized carbons (Fsp3) is 0.933. The monoisotopic (exact) mass is 435 g/mol. The first-order valence-electron chi connectivity index (χ1n) is 14.8. The predicted molar refractivity (Wildman–Crippen MR) is 144 cm³/mol. The van der Waals surface area contributed by atoms with Crippen molar-refractivity contribution in [3.05, 3.63) is 12.2 Å². The van der Waals surface area contributed by atoms with Gasteiger partial charge in [0.05, 0.1) is 0 Å². The minimum absolute atomic E-state index is 0.863. The van der Waals surface area contributed by atoms with Gasteiger partial charge in [0.2, 0.25) is 0 Å². The number of allylic oxidation sites excluding steroid dienone is 2. The maximum Gasteiger partial charge on any atom is -0.00773 e. The standard InChI is InChI=1S/C30H61N/c1-2-3-4-5-6-7-8-9-10-11-12-13-14-15-16-17-18-19-20-21-22-23-24-25-26-27-28-29-30-31/h21-22H,2-20,23-31H2,1H3. The molecule has 0 aliphatic heterocycles. The van der Waals surface area contributed by atoms with Crippen LogP contribution in [0.2, 0.25) is 0 Å². The molecule has 0 aliphatic rings. The third kappa shape index (κ3) is 29.7. The van der Waals surface area contributed by atoms with Gasteiger partial charge in [-0.2, -0.15) is 0 Å². The van der Waals surface area contributed by atoms with Crippen molar-refractivity contribution in [1.29, 1.82) is 0 Å². The van der Waals surface area contributed by atoms with Crippen molar-refractivity contribution in [2.24, 2.45) is 5.73 Å². The van der Waals surface area contributed by atoms with Crippen LogP contribution in [0.3, 0.4) is 0 Å². The highest BCUT2D eigenvalue weighted by Gasteiger charge is 1.95. The van der Waals surface area contributed by atoms with E-state index >= 15 is 0 Å². The Bertz CT molecular complexity index is 322. The lowest BCUT2D eigenvalue weighted by molar-refractivity contribution is 0.525. The number of hydrogen-bond donors (Lipinski definition) is 1. The third-order valence-corrected chi connectivity index (χ3v) is 6.72. The molecule has 0 spiro atoms. The molecular weight excluding hydrogens is 374 g/mol. The Morgan fingerprint density at radius 1 is 0.355 bits per heavy atom. The molecule has 2 N–H and O–H groups in total. The maximum atomic E-state index is 5.52. The summed E-state index contributed by atoms with van der Waals surface area (Å²) in [4.78, 5) is 0. The molecule has 0 rings (SSSR count). The first-order valence-corrected chi connectivity index (χ1v) is 14.8. The second kappa shape index (κ2) is 29.7. The summed E-state index contributed by atoms with van der Waals surface area (Å²) in [6.45, 7) is 3.17. The SMILES string of the molecule is CCCCCCCCCCCCCCCCCCCCC=CCCCCCCCCN. The lowest BCUT2D eigenvalue weighted by atomic mass is 10.0. The summed E-state index contributed by atoms with van der Waals surface area (Å²) < 4.78 is 0. The fourth-order valence-corrected chi connectivity index (χ4v) is 4.51. The predicted octanol–water partition coefficient (Wildman–Crippen LogP) is 10.7. The van der Waals surface area contributed by atoms with Crippen molar-refractivity contribution in [1.82, 2.24) is 0 Å². The minimum atomic E-state index is 0.863.